The molecule has 0 aromatic carbocycles. The largest absolute Gasteiger partial charge is 0.286 e. The molecule has 9 heteroatoms. The fraction of sp³-hybridized carbons (Fsp3) is 1.00. The number of hydrogen-bond donors (Lipinski definition) is 2. The van der Waals surface area contributed by atoms with Crippen LogP contribution in [0.25, 0.3) is 0 Å². The molecule has 0 aliphatic carbocycles. The topological polar surface area (TPSA) is 109 Å². The zero-order chi connectivity index (χ0) is 9.12. The third kappa shape index (κ3) is 13.4. The second-order valence-electron chi connectivity index (χ2n) is 1.93. The fourth-order valence-corrected chi connectivity index (χ4v) is 1.62. The van der Waals surface area contributed by atoms with E-state index in [1.807, 2.05) is 0 Å². The van der Waals surface area contributed by atoms with Gasteiger partial charge in [-0.1, -0.05) is 0 Å². The third-order valence-corrected chi connectivity index (χ3v) is 2.41. The first kappa shape index (κ1) is 15.3. The summed E-state index contributed by atoms with van der Waals surface area (Å²) in [4.78, 5) is 0. The number of rotatable bonds is 4. The third-order valence-electron chi connectivity index (χ3n) is 0.805. The SMILES string of the molecule is O=S(=O)(O)CCCS(=O)(=O)O.[Na]. The van der Waals surface area contributed by atoms with E-state index >= 15 is 0 Å². The van der Waals surface area contributed by atoms with Gasteiger partial charge in [-0.05, 0) is 6.42 Å². The molecule has 6 nitrogen and oxygen atoms in total. The summed E-state index contributed by atoms with van der Waals surface area (Å²) in [6.45, 7) is 0. The van der Waals surface area contributed by atoms with Gasteiger partial charge >= 0.3 is 0 Å². The molecule has 2 N–H and O–H groups in total. The molecule has 0 saturated carbocycles. The summed E-state index contributed by atoms with van der Waals surface area (Å²) < 4.78 is 56.2. The van der Waals surface area contributed by atoms with Crippen LogP contribution in [-0.4, -0.2) is 67.0 Å². The summed E-state index contributed by atoms with van der Waals surface area (Å²) in [5.74, 6) is -1.32. The van der Waals surface area contributed by atoms with Crippen molar-refractivity contribution in [2.45, 2.75) is 6.42 Å². The first-order valence-electron chi connectivity index (χ1n) is 2.61. The van der Waals surface area contributed by atoms with Crippen molar-refractivity contribution >= 4 is 49.8 Å². The van der Waals surface area contributed by atoms with E-state index in [9.17, 15) is 16.8 Å². The first-order valence-corrected chi connectivity index (χ1v) is 5.83. The Bertz CT molecular complexity index is 270. The van der Waals surface area contributed by atoms with Crippen molar-refractivity contribution in [1.29, 1.82) is 0 Å². The zero-order valence-corrected chi connectivity index (χ0v) is 10.1. The summed E-state index contributed by atoms with van der Waals surface area (Å²) >= 11 is 0. The Kier molecular flexibility index (Phi) is 7.05. The predicted octanol–water partition coefficient (Wildman–Crippen LogP) is -1.23. The molecule has 0 aliphatic rings. The van der Waals surface area contributed by atoms with Crippen LogP contribution in [0.1, 0.15) is 6.42 Å². The van der Waals surface area contributed by atoms with Crippen LogP contribution in [0.15, 0.2) is 0 Å². The molecule has 0 unspecified atom stereocenters. The van der Waals surface area contributed by atoms with Crippen molar-refractivity contribution in [3.05, 3.63) is 0 Å². The van der Waals surface area contributed by atoms with Gasteiger partial charge in [-0.2, -0.15) is 16.8 Å². The van der Waals surface area contributed by atoms with Gasteiger partial charge in [0.1, 0.15) is 0 Å². The van der Waals surface area contributed by atoms with Crippen LogP contribution in [0.5, 0.6) is 0 Å². The fourth-order valence-electron chi connectivity index (χ4n) is 0.424. The van der Waals surface area contributed by atoms with E-state index in [1.54, 1.807) is 0 Å². The molecule has 0 aromatic rings. The minimum Gasteiger partial charge on any atom is -0.286 e. The van der Waals surface area contributed by atoms with E-state index in [0.717, 1.165) is 0 Å². The maximum absolute atomic E-state index is 10.00. The van der Waals surface area contributed by atoms with Crippen LogP contribution >= 0.6 is 0 Å². The summed E-state index contributed by atoms with van der Waals surface area (Å²) in [5, 5.41) is 0. The normalized spacial score (nSPS) is 12.2. The van der Waals surface area contributed by atoms with Crippen LogP contribution in [0, 0.1) is 0 Å². The van der Waals surface area contributed by atoms with Gasteiger partial charge in [-0.25, -0.2) is 0 Å². The Morgan fingerprint density at radius 3 is 1.25 bits per heavy atom. The Morgan fingerprint density at radius 1 is 0.833 bits per heavy atom. The van der Waals surface area contributed by atoms with Crippen molar-refractivity contribution < 1.29 is 25.9 Å². The second kappa shape index (κ2) is 5.53. The predicted molar refractivity (Wildman–Crippen MR) is 43.2 cm³/mol. The van der Waals surface area contributed by atoms with Gasteiger partial charge in [0.15, 0.2) is 0 Å². The summed E-state index contributed by atoms with van der Waals surface area (Å²) in [6.07, 6.45) is -0.308. The van der Waals surface area contributed by atoms with Gasteiger partial charge in [-0.3, -0.25) is 9.11 Å². The van der Waals surface area contributed by atoms with Gasteiger partial charge in [0, 0.05) is 29.6 Å². The Balaban J connectivity index is 0. The molecule has 0 bridgehead atoms. The van der Waals surface area contributed by atoms with E-state index in [4.69, 9.17) is 9.11 Å². The molecule has 0 saturated heterocycles. The van der Waals surface area contributed by atoms with E-state index in [2.05, 4.69) is 0 Å². The van der Waals surface area contributed by atoms with E-state index < -0.39 is 31.7 Å². The minimum atomic E-state index is -4.12. The van der Waals surface area contributed by atoms with Gasteiger partial charge < -0.3 is 0 Å². The van der Waals surface area contributed by atoms with Crippen LogP contribution in [0.2, 0.25) is 0 Å². The van der Waals surface area contributed by atoms with E-state index in [0.29, 0.717) is 0 Å². The van der Waals surface area contributed by atoms with Crippen LogP contribution in [0.4, 0.5) is 0 Å². The van der Waals surface area contributed by atoms with Gasteiger partial charge in [-0.15, -0.1) is 0 Å². The summed E-state index contributed by atoms with van der Waals surface area (Å²) in [5.41, 5.74) is 0. The smallest absolute Gasteiger partial charge is 0.264 e. The maximum Gasteiger partial charge on any atom is 0.264 e. The Morgan fingerprint density at radius 2 is 1.08 bits per heavy atom. The molecule has 0 atom stereocenters. The summed E-state index contributed by atoms with van der Waals surface area (Å²) in [6, 6.07) is 0. The van der Waals surface area contributed by atoms with Gasteiger partial charge in [0.05, 0.1) is 11.5 Å². The molecular formula is C3H8NaO6S2. The maximum atomic E-state index is 10.00. The average molecular weight is 227 g/mol. The molecule has 0 spiro atoms. The van der Waals surface area contributed by atoms with Crippen LogP contribution in [0.3, 0.4) is 0 Å². The monoisotopic (exact) mass is 227 g/mol. The van der Waals surface area contributed by atoms with Gasteiger partial charge in [0.25, 0.3) is 20.2 Å². The molecule has 0 aliphatic heterocycles. The molecule has 0 aromatic heterocycles. The molecule has 1 radical (unpaired) electrons. The summed E-state index contributed by atoms with van der Waals surface area (Å²) in [7, 11) is -8.24. The molecule has 0 rings (SSSR count). The van der Waals surface area contributed by atoms with Crippen molar-refractivity contribution in [3.63, 3.8) is 0 Å². The minimum absolute atomic E-state index is 0. The van der Waals surface area contributed by atoms with Crippen LogP contribution in [-0.2, 0) is 20.2 Å². The van der Waals surface area contributed by atoms with Crippen molar-refractivity contribution in [3.8, 4) is 0 Å². The molecule has 0 heterocycles. The number of hydrogen-bond acceptors (Lipinski definition) is 4. The first-order chi connectivity index (χ1) is 4.71. The quantitative estimate of drug-likeness (QED) is 0.460. The average Bonchev–Trinajstić information content (AvgIpc) is 1.55. The standard InChI is InChI=1S/C3H8O6S2.Na/c4-10(5,6)2-1-3-11(7,8)9;/h1-3H2,(H,4,5,6)(H,7,8,9);. The van der Waals surface area contributed by atoms with E-state index in [-0.39, 0.29) is 36.0 Å². The second-order valence-corrected chi connectivity index (χ2v) is 5.07. The molecular weight excluding hydrogens is 219 g/mol. The Hall–Kier alpha value is 0.820. The zero-order valence-electron chi connectivity index (χ0n) is 6.47. The van der Waals surface area contributed by atoms with E-state index in [1.165, 1.54) is 0 Å². The molecule has 12 heavy (non-hydrogen) atoms. The van der Waals surface area contributed by atoms with Crippen LogP contribution < -0.4 is 0 Å². The molecule has 0 amide bonds. The van der Waals surface area contributed by atoms with Crippen molar-refractivity contribution in [2.24, 2.45) is 0 Å². The molecule has 69 valence electrons. The van der Waals surface area contributed by atoms with Crippen molar-refractivity contribution in [2.75, 3.05) is 11.5 Å². The molecule has 0 fully saturated rings. The van der Waals surface area contributed by atoms with Gasteiger partial charge in [0.2, 0.25) is 0 Å². The van der Waals surface area contributed by atoms with Crippen molar-refractivity contribution in [1.82, 2.24) is 0 Å². The Labute approximate surface area is 93.1 Å².